The number of rotatable bonds is 3. The van der Waals surface area contributed by atoms with Crippen LogP contribution in [0.2, 0.25) is 0 Å². The number of benzene rings is 3. The Morgan fingerprint density at radius 1 is 0.935 bits per heavy atom. The van der Waals surface area contributed by atoms with Crippen molar-refractivity contribution in [3.05, 3.63) is 77.0 Å². The normalized spacial score (nSPS) is 18.1. The van der Waals surface area contributed by atoms with Gasteiger partial charge in [-0.2, -0.15) is 5.10 Å². The van der Waals surface area contributed by atoms with E-state index >= 15 is 0 Å². The van der Waals surface area contributed by atoms with Gasteiger partial charge in [-0.3, -0.25) is 14.7 Å². The summed E-state index contributed by atoms with van der Waals surface area (Å²) >= 11 is 0. The highest BCUT2D eigenvalue weighted by molar-refractivity contribution is 6.11. The molecule has 1 aliphatic heterocycles. The molecule has 4 aromatic rings. The van der Waals surface area contributed by atoms with E-state index in [2.05, 4.69) is 34.5 Å². The molecule has 1 atom stereocenters. The fourth-order valence-electron chi connectivity index (χ4n) is 5.33. The maximum atomic E-state index is 13.6. The number of carbonyl (C=O) groups excluding carboxylic acids is 2. The number of para-hydroxylation sites is 1. The lowest BCUT2D eigenvalue weighted by molar-refractivity contribution is 0.0634. The molecule has 0 radical (unpaired) electrons. The van der Waals surface area contributed by atoms with E-state index in [9.17, 15) is 9.59 Å². The zero-order valence-corrected chi connectivity index (χ0v) is 17.2. The van der Waals surface area contributed by atoms with Crippen LogP contribution in [0.1, 0.15) is 44.8 Å². The molecule has 1 fully saturated rings. The summed E-state index contributed by atoms with van der Waals surface area (Å²) in [4.78, 5) is 28.6. The molecule has 1 amide bonds. The molecular weight excluding hydrogens is 386 g/mol. The van der Waals surface area contributed by atoms with Crippen LogP contribution in [0.4, 0.5) is 0 Å². The zero-order valence-electron chi connectivity index (χ0n) is 17.2. The fourth-order valence-corrected chi connectivity index (χ4v) is 5.33. The molecule has 6 rings (SSSR count). The summed E-state index contributed by atoms with van der Waals surface area (Å²) in [5.74, 6) is -0.128. The van der Waals surface area contributed by atoms with Crippen molar-refractivity contribution in [2.75, 3.05) is 13.1 Å². The molecule has 0 spiro atoms. The van der Waals surface area contributed by atoms with Crippen molar-refractivity contribution in [3.63, 3.8) is 0 Å². The number of piperidine rings is 1. The third kappa shape index (κ3) is 2.87. The lowest BCUT2D eigenvalue weighted by Gasteiger charge is -2.32. The molecule has 2 heterocycles. The van der Waals surface area contributed by atoms with Crippen molar-refractivity contribution in [1.82, 2.24) is 15.1 Å². The second kappa shape index (κ2) is 7.05. The van der Waals surface area contributed by atoms with Gasteiger partial charge in [-0.1, -0.05) is 48.5 Å². The number of aromatic nitrogens is 2. The Balaban J connectivity index is 1.30. The Morgan fingerprint density at radius 3 is 2.65 bits per heavy atom. The molecule has 5 heteroatoms. The van der Waals surface area contributed by atoms with E-state index in [-0.39, 0.29) is 17.6 Å². The van der Waals surface area contributed by atoms with Crippen molar-refractivity contribution >= 4 is 33.4 Å². The number of ketones is 1. The first kappa shape index (κ1) is 18.3. The van der Waals surface area contributed by atoms with Gasteiger partial charge in [-0.25, -0.2) is 0 Å². The number of Topliss-reactive ketones (excluding diaryl/α,β-unsaturated/α-hetero) is 1. The van der Waals surface area contributed by atoms with Crippen LogP contribution in [0.5, 0.6) is 0 Å². The van der Waals surface area contributed by atoms with Gasteiger partial charge in [0.1, 0.15) is 0 Å². The van der Waals surface area contributed by atoms with Gasteiger partial charge in [0.05, 0.1) is 5.52 Å². The summed E-state index contributed by atoms with van der Waals surface area (Å²) in [6.07, 6.45) is 3.74. The van der Waals surface area contributed by atoms with Crippen molar-refractivity contribution in [3.8, 4) is 0 Å². The van der Waals surface area contributed by atoms with E-state index in [1.54, 1.807) is 4.90 Å². The lowest BCUT2D eigenvalue weighted by Crippen LogP contribution is -2.42. The van der Waals surface area contributed by atoms with Crippen LogP contribution in [0.15, 0.2) is 54.6 Å². The molecule has 3 aromatic carbocycles. The van der Waals surface area contributed by atoms with Gasteiger partial charge in [0.2, 0.25) is 0 Å². The maximum Gasteiger partial charge on any atom is 0.275 e. The second-order valence-electron chi connectivity index (χ2n) is 8.68. The minimum Gasteiger partial charge on any atom is -0.336 e. The van der Waals surface area contributed by atoms with Crippen molar-refractivity contribution in [2.24, 2.45) is 5.92 Å². The molecule has 1 aromatic heterocycles. The predicted octanol–water partition coefficient (Wildman–Crippen LogP) is 4.55. The minimum atomic E-state index is -0.179. The SMILES string of the molecule is O=C(c1ccc2c3c(cccc13)CC2)C1CCCN(C(=O)c2n[nH]c3ccccc23)C1. The van der Waals surface area contributed by atoms with E-state index in [1.165, 1.54) is 16.5 Å². The summed E-state index contributed by atoms with van der Waals surface area (Å²) in [5, 5.41) is 10.4. The maximum absolute atomic E-state index is 13.6. The first-order valence-corrected chi connectivity index (χ1v) is 11.0. The molecule has 5 nitrogen and oxygen atoms in total. The van der Waals surface area contributed by atoms with Crippen LogP contribution in [-0.4, -0.2) is 39.9 Å². The molecule has 1 saturated heterocycles. The molecule has 154 valence electrons. The quantitative estimate of drug-likeness (QED) is 0.505. The van der Waals surface area contributed by atoms with Crippen LogP contribution in [-0.2, 0) is 12.8 Å². The molecule has 1 unspecified atom stereocenters. The topological polar surface area (TPSA) is 66.1 Å². The van der Waals surface area contributed by atoms with Crippen LogP contribution in [0.3, 0.4) is 0 Å². The molecule has 2 aliphatic rings. The average Bonchev–Trinajstić information content (AvgIpc) is 3.44. The fraction of sp³-hybridized carbons (Fsp3) is 0.269. The smallest absolute Gasteiger partial charge is 0.275 e. The van der Waals surface area contributed by atoms with Crippen molar-refractivity contribution < 1.29 is 9.59 Å². The monoisotopic (exact) mass is 409 g/mol. The summed E-state index contributed by atoms with van der Waals surface area (Å²) in [6.45, 7) is 1.11. The first-order chi connectivity index (χ1) is 15.2. The molecule has 31 heavy (non-hydrogen) atoms. The molecule has 0 bridgehead atoms. The Labute approximate surface area is 180 Å². The number of nitrogens with one attached hydrogen (secondary N) is 1. The van der Waals surface area contributed by atoms with Gasteiger partial charge in [0.25, 0.3) is 5.91 Å². The summed E-state index contributed by atoms with van der Waals surface area (Å²) in [7, 11) is 0. The van der Waals surface area contributed by atoms with E-state index in [4.69, 9.17) is 0 Å². The van der Waals surface area contributed by atoms with Gasteiger partial charge >= 0.3 is 0 Å². The number of amides is 1. The number of H-pyrrole nitrogens is 1. The summed E-state index contributed by atoms with van der Waals surface area (Å²) < 4.78 is 0. The summed E-state index contributed by atoms with van der Waals surface area (Å²) in [5.41, 5.74) is 4.77. The van der Waals surface area contributed by atoms with Crippen LogP contribution in [0.25, 0.3) is 21.7 Å². The average molecular weight is 409 g/mol. The van der Waals surface area contributed by atoms with Crippen LogP contribution < -0.4 is 0 Å². The summed E-state index contributed by atoms with van der Waals surface area (Å²) in [6, 6.07) is 18.1. The Morgan fingerprint density at radius 2 is 1.74 bits per heavy atom. The zero-order chi connectivity index (χ0) is 20.9. The molecular formula is C26H23N3O2. The van der Waals surface area contributed by atoms with Crippen molar-refractivity contribution in [2.45, 2.75) is 25.7 Å². The van der Waals surface area contributed by atoms with Gasteiger partial charge in [0, 0.05) is 30.0 Å². The Hall–Kier alpha value is -3.47. The lowest BCUT2D eigenvalue weighted by atomic mass is 9.87. The number of carbonyl (C=O) groups is 2. The van der Waals surface area contributed by atoms with E-state index in [0.29, 0.717) is 18.8 Å². The molecule has 0 saturated carbocycles. The predicted molar refractivity (Wildman–Crippen MR) is 120 cm³/mol. The van der Waals surface area contributed by atoms with E-state index < -0.39 is 0 Å². The highest BCUT2D eigenvalue weighted by atomic mass is 16.2. The standard InChI is InChI=1S/C26H23N3O2/c30-25(20-13-12-17-11-10-16-5-3-8-19(20)23(16)17)18-6-4-14-29(15-18)26(31)24-21-7-1-2-9-22(21)27-28-24/h1-3,5,7-9,12-13,18H,4,6,10-11,14-15H2,(H,27,28). The number of hydrogen-bond acceptors (Lipinski definition) is 3. The third-order valence-electron chi connectivity index (χ3n) is 6.89. The number of likely N-dealkylation sites (tertiary alicyclic amines) is 1. The van der Waals surface area contributed by atoms with Gasteiger partial charge in [-0.15, -0.1) is 0 Å². The van der Waals surface area contributed by atoms with Gasteiger partial charge < -0.3 is 4.90 Å². The highest BCUT2D eigenvalue weighted by Gasteiger charge is 2.32. The Kier molecular flexibility index (Phi) is 4.16. The molecule has 1 N–H and O–H groups in total. The first-order valence-electron chi connectivity index (χ1n) is 11.0. The molecule has 1 aliphatic carbocycles. The number of aromatic amines is 1. The number of aryl methyl sites for hydroxylation is 2. The van der Waals surface area contributed by atoms with Crippen LogP contribution in [0, 0.1) is 5.92 Å². The minimum absolute atomic E-state index is 0.102. The number of nitrogens with zero attached hydrogens (tertiary/aromatic N) is 2. The van der Waals surface area contributed by atoms with Crippen molar-refractivity contribution in [1.29, 1.82) is 0 Å². The highest BCUT2D eigenvalue weighted by Crippen LogP contribution is 2.34. The van der Waals surface area contributed by atoms with E-state index in [0.717, 1.165) is 47.5 Å². The second-order valence-corrected chi connectivity index (χ2v) is 8.68. The van der Waals surface area contributed by atoms with Gasteiger partial charge in [0.15, 0.2) is 11.5 Å². The van der Waals surface area contributed by atoms with E-state index in [1.807, 2.05) is 30.3 Å². The third-order valence-corrected chi connectivity index (χ3v) is 6.89. The largest absolute Gasteiger partial charge is 0.336 e. The van der Waals surface area contributed by atoms with Gasteiger partial charge in [-0.05, 0) is 53.6 Å². The number of fused-ring (bicyclic) bond motifs is 1. The number of hydrogen-bond donors (Lipinski definition) is 1. The van der Waals surface area contributed by atoms with Crippen LogP contribution >= 0.6 is 0 Å². The Bertz CT molecular complexity index is 1340.